The summed E-state index contributed by atoms with van der Waals surface area (Å²) in [5.41, 5.74) is 2.73. The van der Waals surface area contributed by atoms with Crippen LogP contribution >= 0.6 is 0 Å². The lowest BCUT2D eigenvalue weighted by molar-refractivity contribution is 0.848. The maximum atomic E-state index is 4.01. The molecule has 0 aliphatic heterocycles. The number of pyridine rings is 1. The molecule has 0 unspecified atom stereocenters. The SMILES string of the molecule is C(/C=C/c1cccc2cnnn12)=C\c1cn[nH]n1. The van der Waals surface area contributed by atoms with Gasteiger partial charge < -0.3 is 0 Å². The van der Waals surface area contributed by atoms with E-state index in [9.17, 15) is 0 Å². The van der Waals surface area contributed by atoms with Crippen molar-refractivity contribution in [2.75, 3.05) is 0 Å². The zero-order valence-corrected chi connectivity index (χ0v) is 9.43. The van der Waals surface area contributed by atoms with Crippen LogP contribution in [-0.2, 0) is 0 Å². The molecule has 3 aromatic heterocycles. The van der Waals surface area contributed by atoms with Crippen LogP contribution < -0.4 is 0 Å². The topological polar surface area (TPSA) is 71.8 Å². The second-order valence-electron chi connectivity index (χ2n) is 3.63. The minimum atomic E-state index is 0.790. The maximum Gasteiger partial charge on any atom is 0.105 e. The highest BCUT2D eigenvalue weighted by Crippen LogP contribution is 2.06. The van der Waals surface area contributed by atoms with E-state index in [4.69, 9.17) is 0 Å². The first-order valence-electron chi connectivity index (χ1n) is 5.43. The van der Waals surface area contributed by atoms with Crippen molar-refractivity contribution >= 4 is 17.7 Å². The van der Waals surface area contributed by atoms with Crippen molar-refractivity contribution in [3.63, 3.8) is 0 Å². The molecule has 6 heteroatoms. The van der Waals surface area contributed by atoms with Gasteiger partial charge in [0.05, 0.1) is 23.6 Å². The highest BCUT2D eigenvalue weighted by Gasteiger charge is 1.96. The second kappa shape index (κ2) is 4.62. The monoisotopic (exact) mass is 238 g/mol. The fourth-order valence-electron chi connectivity index (χ4n) is 1.60. The number of aromatic nitrogens is 6. The lowest BCUT2D eigenvalue weighted by atomic mass is 10.3. The molecule has 0 aliphatic carbocycles. The van der Waals surface area contributed by atoms with Gasteiger partial charge in [0, 0.05) is 0 Å². The van der Waals surface area contributed by atoms with E-state index in [-0.39, 0.29) is 0 Å². The van der Waals surface area contributed by atoms with Crippen LogP contribution in [0.25, 0.3) is 17.7 Å². The fraction of sp³-hybridized carbons (Fsp3) is 0. The van der Waals surface area contributed by atoms with Gasteiger partial charge in [0.15, 0.2) is 0 Å². The van der Waals surface area contributed by atoms with Crippen LogP contribution in [0.4, 0.5) is 0 Å². The van der Waals surface area contributed by atoms with Crippen LogP contribution in [0.15, 0.2) is 42.7 Å². The molecule has 0 amide bonds. The lowest BCUT2D eigenvalue weighted by Gasteiger charge is -1.96. The van der Waals surface area contributed by atoms with Gasteiger partial charge in [-0.3, -0.25) is 0 Å². The number of aromatic amines is 1. The molecule has 18 heavy (non-hydrogen) atoms. The summed E-state index contributed by atoms with van der Waals surface area (Å²) in [7, 11) is 0. The molecule has 0 bridgehead atoms. The Labute approximate surface area is 103 Å². The van der Waals surface area contributed by atoms with Gasteiger partial charge in [-0.25, -0.2) is 4.52 Å². The second-order valence-corrected chi connectivity index (χ2v) is 3.63. The summed E-state index contributed by atoms with van der Waals surface area (Å²) in [5, 5.41) is 18.1. The summed E-state index contributed by atoms with van der Waals surface area (Å²) in [6.45, 7) is 0. The van der Waals surface area contributed by atoms with Gasteiger partial charge in [0.2, 0.25) is 0 Å². The van der Waals surface area contributed by atoms with Gasteiger partial charge >= 0.3 is 0 Å². The Hall–Kier alpha value is -2.76. The zero-order chi connectivity index (χ0) is 12.2. The number of hydrogen-bond acceptors (Lipinski definition) is 4. The van der Waals surface area contributed by atoms with Crippen molar-refractivity contribution in [3.8, 4) is 0 Å². The number of nitrogens with zero attached hydrogens (tertiary/aromatic N) is 5. The third kappa shape index (κ3) is 2.03. The van der Waals surface area contributed by atoms with Crippen LogP contribution in [0.3, 0.4) is 0 Å². The van der Waals surface area contributed by atoms with Gasteiger partial charge in [-0.05, 0) is 24.3 Å². The van der Waals surface area contributed by atoms with E-state index in [1.165, 1.54) is 0 Å². The molecule has 0 aliphatic rings. The molecule has 0 aromatic carbocycles. The van der Waals surface area contributed by atoms with E-state index in [1.807, 2.05) is 42.5 Å². The summed E-state index contributed by atoms with van der Waals surface area (Å²) in [4.78, 5) is 0. The lowest BCUT2D eigenvalue weighted by Crippen LogP contribution is -1.91. The third-order valence-corrected chi connectivity index (χ3v) is 2.43. The zero-order valence-electron chi connectivity index (χ0n) is 9.43. The number of nitrogens with one attached hydrogen (secondary N) is 1. The number of hydrogen-bond donors (Lipinski definition) is 1. The number of allylic oxidation sites excluding steroid dienone is 2. The average molecular weight is 238 g/mol. The van der Waals surface area contributed by atoms with Gasteiger partial charge in [0.1, 0.15) is 5.69 Å². The van der Waals surface area contributed by atoms with Crippen LogP contribution in [0.5, 0.6) is 0 Å². The summed E-state index contributed by atoms with van der Waals surface area (Å²) in [6, 6.07) is 5.91. The van der Waals surface area contributed by atoms with Crippen LogP contribution in [0, 0.1) is 0 Å². The van der Waals surface area contributed by atoms with E-state index in [0.717, 1.165) is 16.9 Å². The number of H-pyrrole nitrogens is 1. The Morgan fingerprint density at radius 3 is 2.94 bits per heavy atom. The summed E-state index contributed by atoms with van der Waals surface area (Å²) >= 11 is 0. The largest absolute Gasteiger partial charge is 0.213 e. The molecule has 1 N–H and O–H groups in total. The number of rotatable bonds is 3. The standard InChI is InChI=1S/C12H10N6/c1(4-10-8-13-16-15-10)2-5-11-6-3-7-12-9-14-17-18(11)12/h1-9H,(H,13,15,16)/b4-1+,5-2+. The molecule has 0 fully saturated rings. The molecular weight excluding hydrogens is 228 g/mol. The van der Waals surface area contributed by atoms with E-state index >= 15 is 0 Å². The summed E-state index contributed by atoms with van der Waals surface area (Å²) in [5.74, 6) is 0. The first-order valence-corrected chi connectivity index (χ1v) is 5.43. The van der Waals surface area contributed by atoms with Crippen LogP contribution in [0.1, 0.15) is 11.4 Å². The molecule has 3 rings (SSSR count). The fourth-order valence-corrected chi connectivity index (χ4v) is 1.60. The quantitative estimate of drug-likeness (QED) is 0.703. The predicted octanol–water partition coefficient (Wildman–Crippen LogP) is 1.57. The maximum absolute atomic E-state index is 4.01. The van der Waals surface area contributed by atoms with E-state index in [0.29, 0.717) is 0 Å². The Morgan fingerprint density at radius 1 is 1.11 bits per heavy atom. The molecule has 6 nitrogen and oxygen atoms in total. The van der Waals surface area contributed by atoms with E-state index in [1.54, 1.807) is 16.9 Å². The van der Waals surface area contributed by atoms with Gasteiger partial charge in [-0.15, -0.1) is 5.10 Å². The van der Waals surface area contributed by atoms with Crippen LogP contribution in [0.2, 0.25) is 0 Å². The smallest absolute Gasteiger partial charge is 0.105 e. The van der Waals surface area contributed by atoms with E-state index in [2.05, 4.69) is 25.7 Å². The van der Waals surface area contributed by atoms with Gasteiger partial charge in [0.25, 0.3) is 0 Å². The van der Waals surface area contributed by atoms with Crippen LogP contribution in [-0.4, -0.2) is 30.2 Å². The number of fused-ring (bicyclic) bond motifs is 1. The Morgan fingerprint density at radius 2 is 2.06 bits per heavy atom. The molecule has 0 saturated carbocycles. The highest BCUT2D eigenvalue weighted by atomic mass is 15.4. The summed E-state index contributed by atoms with van der Waals surface area (Å²) < 4.78 is 1.78. The normalized spacial score (nSPS) is 12.0. The van der Waals surface area contributed by atoms with Crippen molar-refractivity contribution in [1.82, 2.24) is 30.2 Å². The van der Waals surface area contributed by atoms with Gasteiger partial charge in [-0.1, -0.05) is 23.4 Å². The molecule has 0 spiro atoms. The highest BCUT2D eigenvalue weighted by molar-refractivity contribution is 5.56. The minimum Gasteiger partial charge on any atom is -0.213 e. The van der Waals surface area contributed by atoms with Crippen molar-refractivity contribution in [2.45, 2.75) is 0 Å². The van der Waals surface area contributed by atoms with Crippen molar-refractivity contribution in [1.29, 1.82) is 0 Å². The molecule has 3 aromatic rings. The first kappa shape index (κ1) is 10.4. The van der Waals surface area contributed by atoms with Crippen molar-refractivity contribution in [3.05, 3.63) is 54.1 Å². The third-order valence-electron chi connectivity index (χ3n) is 2.43. The van der Waals surface area contributed by atoms with Crippen molar-refractivity contribution in [2.24, 2.45) is 0 Å². The summed E-state index contributed by atoms with van der Waals surface area (Å²) in [6.07, 6.45) is 11.0. The van der Waals surface area contributed by atoms with Gasteiger partial charge in [-0.2, -0.15) is 15.4 Å². The van der Waals surface area contributed by atoms with E-state index < -0.39 is 0 Å². The minimum absolute atomic E-state index is 0.790. The Kier molecular flexibility index (Phi) is 2.67. The Bertz CT molecular complexity index is 692. The predicted molar refractivity (Wildman–Crippen MR) is 67.4 cm³/mol. The molecule has 3 heterocycles. The molecule has 0 radical (unpaired) electrons. The molecular formula is C12H10N6. The van der Waals surface area contributed by atoms with Crippen molar-refractivity contribution < 1.29 is 0 Å². The molecule has 88 valence electrons. The first-order chi connectivity index (χ1) is 8.93. The average Bonchev–Trinajstić information content (AvgIpc) is 3.05. The molecule has 0 saturated heterocycles. The Balaban J connectivity index is 1.82. The molecule has 0 atom stereocenters.